The molecule has 0 aromatic rings. The second-order valence-corrected chi connectivity index (χ2v) is 2.98. The molecule has 2 N–H and O–H groups in total. The Hall–Kier alpha value is 0.0700. The lowest BCUT2D eigenvalue weighted by molar-refractivity contribution is 0.540. The van der Waals surface area contributed by atoms with Crippen LogP contribution in [0.3, 0.4) is 0 Å². The highest BCUT2D eigenvalue weighted by atomic mass is 32.2. The average Bonchev–Trinajstić information content (AvgIpc) is 2.12. The molecule has 1 fully saturated rings. The SMILES string of the molecule is O=S(O)C1CCCN1. The quantitative estimate of drug-likeness (QED) is 0.494. The number of hydrogen-bond acceptors (Lipinski definition) is 2. The zero-order valence-electron chi connectivity index (χ0n) is 4.46. The van der Waals surface area contributed by atoms with Gasteiger partial charge < -0.3 is 9.87 Å². The maximum absolute atomic E-state index is 10.3. The molecule has 1 saturated heterocycles. The number of hydrogen-bond donors (Lipinski definition) is 2. The van der Waals surface area contributed by atoms with Gasteiger partial charge in [-0.05, 0) is 19.4 Å². The van der Waals surface area contributed by atoms with Crippen LogP contribution in [0.4, 0.5) is 0 Å². The monoisotopic (exact) mass is 135 g/mol. The van der Waals surface area contributed by atoms with Gasteiger partial charge in [0.05, 0.1) is 0 Å². The van der Waals surface area contributed by atoms with Gasteiger partial charge in [-0.2, -0.15) is 0 Å². The molecule has 8 heavy (non-hydrogen) atoms. The van der Waals surface area contributed by atoms with Gasteiger partial charge in [0.1, 0.15) is 5.37 Å². The Morgan fingerprint density at radius 3 is 2.75 bits per heavy atom. The minimum Gasteiger partial charge on any atom is -0.305 e. The van der Waals surface area contributed by atoms with Crippen molar-refractivity contribution >= 4 is 11.1 Å². The molecule has 1 aliphatic heterocycles. The van der Waals surface area contributed by atoms with Crippen LogP contribution in [-0.2, 0) is 11.1 Å². The average molecular weight is 135 g/mol. The maximum Gasteiger partial charge on any atom is 0.170 e. The fraction of sp³-hybridized carbons (Fsp3) is 1.00. The van der Waals surface area contributed by atoms with Crippen molar-refractivity contribution in [3.05, 3.63) is 0 Å². The molecular weight excluding hydrogens is 126 g/mol. The van der Waals surface area contributed by atoms with Crippen molar-refractivity contribution in [3.63, 3.8) is 0 Å². The standard InChI is InChI=1S/C4H9NO2S/c6-8(7)4-2-1-3-5-4/h4-5H,1-3H2,(H,6,7). The molecule has 48 valence electrons. The number of rotatable bonds is 1. The van der Waals surface area contributed by atoms with Crippen molar-refractivity contribution in [1.82, 2.24) is 5.32 Å². The smallest absolute Gasteiger partial charge is 0.170 e. The van der Waals surface area contributed by atoms with E-state index in [4.69, 9.17) is 4.55 Å². The first kappa shape index (κ1) is 6.19. The second kappa shape index (κ2) is 2.57. The first-order chi connectivity index (χ1) is 3.80. The summed E-state index contributed by atoms with van der Waals surface area (Å²) in [5, 5.41) is 2.75. The van der Waals surface area contributed by atoms with Crippen molar-refractivity contribution in [2.75, 3.05) is 6.54 Å². The van der Waals surface area contributed by atoms with Gasteiger partial charge in [0, 0.05) is 0 Å². The molecule has 3 nitrogen and oxygen atoms in total. The summed E-state index contributed by atoms with van der Waals surface area (Å²) in [6.45, 7) is 0.886. The van der Waals surface area contributed by atoms with E-state index in [1.807, 2.05) is 0 Å². The minimum absolute atomic E-state index is 0.157. The molecule has 0 spiro atoms. The van der Waals surface area contributed by atoms with E-state index in [-0.39, 0.29) is 5.37 Å². The van der Waals surface area contributed by atoms with Crippen LogP contribution in [0, 0.1) is 0 Å². The van der Waals surface area contributed by atoms with Crippen molar-refractivity contribution in [2.24, 2.45) is 0 Å². The fourth-order valence-corrected chi connectivity index (χ4v) is 1.45. The van der Waals surface area contributed by atoms with E-state index in [1.165, 1.54) is 0 Å². The summed E-state index contributed by atoms with van der Waals surface area (Å²) in [6, 6.07) is 0. The van der Waals surface area contributed by atoms with Gasteiger partial charge in [-0.3, -0.25) is 0 Å². The van der Waals surface area contributed by atoms with Crippen LogP contribution in [0.2, 0.25) is 0 Å². The Bertz CT molecular complexity index is 100. The topological polar surface area (TPSA) is 49.3 Å². The van der Waals surface area contributed by atoms with Gasteiger partial charge in [0.2, 0.25) is 0 Å². The molecule has 2 unspecified atom stereocenters. The summed E-state index contributed by atoms with van der Waals surface area (Å²) in [4.78, 5) is 0. The van der Waals surface area contributed by atoms with E-state index in [1.54, 1.807) is 0 Å². The highest BCUT2D eigenvalue weighted by Crippen LogP contribution is 2.06. The Labute approximate surface area is 50.8 Å². The van der Waals surface area contributed by atoms with E-state index < -0.39 is 11.1 Å². The molecule has 0 aliphatic carbocycles. The predicted molar refractivity (Wildman–Crippen MR) is 31.8 cm³/mol. The van der Waals surface area contributed by atoms with Gasteiger partial charge in [0.25, 0.3) is 0 Å². The van der Waals surface area contributed by atoms with E-state index in [0.717, 1.165) is 19.4 Å². The van der Waals surface area contributed by atoms with Gasteiger partial charge in [-0.15, -0.1) is 0 Å². The predicted octanol–water partition coefficient (Wildman–Crippen LogP) is -0.0824. The first-order valence-electron chi connectivity index (χ1n) is 2.64. The summed E-state index contributed by atoms with van der Waals surface area (Å²) in [5.74, 6) is 0. The van der Waals surface area contributed by atoms with E-state index >= 15 is 0 Å². The molecule has 0 bridgehead atoms. The summed E-state index contributed by atoms with van der Waals surface area (Å²) >= 11 is -1.65. The van der Waals surface area contributed by atoms with Crippen LogP contribution < -0.4 is 5.32 Å². The summed E-state index contributed by atoms with van der Waals surface area (Å²) in [7, 11) is 0. The molecule has 0 aromatic carbocycles. The molecule has 0 saturated carbocycles. The first-order valence-corrected chi connectivity index (χ1v) is 3.81. The van der Waals surface area contributed by atoms with Crippen LogP contribution in [0.5, 0.6) is 0 Å². The summed E-state index contributed by atoms with van der Waals surface area (Å²) < 4.78 is 18.7. The molecule has 0 radical (unpaired) electrons. The Morgan fingerprint density at radius 2 is 2.50 bits per heavy atom. The molecule has 1 heterocycles. The van der Waals surface area contributed by atoms with Crippen LogP contribution in [-0.4, -0.2) is 20.7 Å². The molecule has 0 aromatic heterocycles. The van der Waals surface area contributed by atoms with Crippen LogP contribution in [0.15, 0.2) is 0 Å². The lowest BCUT2D eigenvalue weighted by atomic mass is 10.4. The highest BCUT2D eigenvalue weighted by Gasteiger charge is 2.18. The van der Waals surface area contributed by atoms with Gasteiger partial charge >= 0.3 is 0 Å². The van der Waals surface area contributed by atoms with Gasteiger partial charge in [-0.25, -0.2) is 4.21 Å². The Balaban J connectivity index is 2.35. The lowest BCUT2D eigenvalue weighted by Gasteiger charge is -2.00. The van der Waals surface area contributed by atoms with E-state index in [0.29, 0.717) is 0 Å². The lowest BCUT2D eigenvalue weighted by Crippen LogP contribution is -2.25. The third-order valence-electron chi connectivity index (χ3n) is 1.26. The van der Waals surface area contributed by atoms with Crippen LogP contribution in [0.1, 0.15) is 12.8 Å². The van der Waals surface area contributed by atoms with Crippen LogP contribution in [0.25, 0.3) is 0 Å². The normalized spacial score (nSPS) is 32.9. The maximum atomic E-state index is 10.3. The molecule has 1 aliphatic rings. The number of nitrogens with one attached hydrogen (secondary N) is 1. The van der Waals surface area contributed by atoms with Crippen LogP contribution >= 0.6 is 0 Å². The largest absolute Gasteiger partial charge is 0.305 e. The van der Waals surface area contributed by atoms with Crippen molar-refractivity contribution < 1.29 is 8.76 Å². The van der Waals surface area contributed by atoms with Gasteiger partial charge in [-0.1, -0.05) is 0 Å². The molecule has 2 atom stereocenters. The zero-order valence-corrected chi connectivity index (χ0v) is 5.28. The third kappa shape index (κ3) is 1.27. The molecular formula is C4H9NO2S. The van der Waals surface area contributed by atoms with Crippen molar-refractivity contribution in [1.29, 1.82) is 0 Å². The molecule has 0 amide bonds. The third-order valence-corrected chi connectivity index (χ3v) is 2.15. The van der Waals surface area contributed by atoms with E-state index in [9.17, 15) is 4.21 Å². The van der Waals surface area contributed by atoms with Gasteiger partial charge in [0.15, 0.2) is 11.1 Å². The Morgan fingerprint density at radius 1 is 1.75 bits per heavy atom. The second-order valence-electron chi connectivity index (χ2n) is 1.86. The minimum atomic E-state index is -1.65. The Kier molecular flexibility index (Phi) is 1.99. The molecule has 1 rings (SSSR count). The van der Waals surface area contributed by atoms with Crippen molar-refractivity contribution in [3.8, 4) is 0 Å². The zero-order chi connectivity index (χ0) is 5.98. The van der Waals surface area contributed by atoms with E-state index in [2.05, 4.69) is 5.32 Å². The summed E-state index contributed by atoms with van der Waals surface area (Å²) in [5.41, 5.74) is 0. The summed E-state index contributed by atoms with van der Waals surface area (Å²) in [6.07, 6.45) is 1.86. The highest BCUT2D eigenvalue weighted by molar-refractivity contribution is 7.79. The molecule has 4 heteroatoms. The fourth-order valence-electron chi connectivity index (χ4n) is 0.825. The van der Waals surface area contributed by atoms with Crippen molar-refractivity contribution in [2.45, 2.75) is 18.2 Å².